The summed E-state index contributed by atoms with van der Waals surface area (Å²) in [5.74, 6) is -1.73. The molecule has 5 atom stereocenters. The van der Waals surface area contributed by atoms with E-state index in [1.807, 2.05) is 29.7 Å². The molecule has 0 bridgehead atoms. The number of carbonyl (C=O) groups excluding carboxylic acids is 3. The molecule has 264 valence electrons. The minimum absolute atomic E-state index is 0.0492. The number of aliphatic carboxylic acids is 1. The minimum atomic E-state index is -1.19. The number of fused-ring (bicyclic) bond motifs is 3. The van der Waals surface area contributed by atoms with Crippen LogP contribution < -0.4 is 10.1 Å². The number of benzene rings is 1. The van der Waals surface area contributed by atoms with Gasteiger partial charge in [-0.15, -0.1) is 11.3 Å². The maximum atomic E-state index is 14.4. The molecule has 0 radical (unpaired) electrons. The molecule has 50 heavy (non-hydrogen) atoms. The molecule has 11 nitrogen and oxygen atoms in total. The summed E-state index contributed by atoms with van der Waals surface area (Å²) in [7, 11) is 0. The van der Waals surface area contributed by atoms with E-state index in [0.29, 0.717) is 41.0 Å². The van der Waals surface area contributed by atoms with E-state index in [-0.39, 0.29) is 43.1 Å². The zero-order valence-electron chi connectivity index (χ0n) is 27.7. The molecular formula is C37H41ClN4O7S. The van der Waals surface area contributed by atoms with Gasteiger partial charge in [-0.05, 0) is 86.9 Å². The Morgan fingerprint density at radius 3 is 2.62 bits per heavy atom. The van der Waals surface area contributed by atoms with E-state index in [1.165, 1.54) is 16.2 Å². The highest BCUT2D eigenvalue weighted by atomic mass is 35.5. The van der Waals surface area contributed by atoms with E-state index < -0.39 is 41.6 Å². The molecule has 1 aromatic carbocycles. The molecule has 2 N–H and O–H groups in total. The number of carbonyl (C=O) groups is 4. The summed E-state index contributed by atoms with van der Waals surface area (Å²) < 4.78 is 12.2. The molecular weight excluding hydrogens is 680 g/mol. The first-order valence-electron chi connectivity index (χ1n) is 17.6. The van der Waals surface area contributed by atoms with E-state index in [2.05, 4.69) is 5.32 Å². The van der Waals surface area contributed by atoms with Crippen molar-refractivity contribution < 1.29 is 33.8 Å². The first-order chi connectivity index (χ1) is 24.2. The molecule has 13 heteroatoms. The number of aromatic nitrogens is 2. The molecule has 3 fully saturated rings. The highest BCUT2D eigenvalue weighted by Crippen LogP contribution is 2.57. The number of hydrogen-bond acceptors (Lipinski definition) is 9. The van der Waals surface area contributed by atoms with Crippen LogP contribution in [0.3, 0.4) is 0 Å². The van der Waals surface area contributed by atoms with Gasteiger partial charge in [0.2, 0.25) is 11.8 Å². The quantitative estimate of drug-likeness (QED) is 0.258. The molecule has 0 spiro atoms. The number of ether oxygens (including phenoxy) is 2. The molecule has 2 aliphatic carbocycles. The van der Waals surface area contributed by atoms with Gasteiger partial charge in [0.25, 0.3) is 0 Å². The second kappa shape index (κ2) is 14.7. The number of thiophene rings is 1. The van der Waals surface area contributed by atoms with E-state index in [9.17, 15) is 24.3 Å². The molecule has 4 aliphatic rings. The average molecular weight is 721 g/mol. The van der Waals surface area contributed by atoms with Crippen LogP contribution in [0.15, 0.2) is 47.9 Å². The second-order valence-electron chi connectivity index (χ2n) is 14.0. The van der Waals surface area contributed by atoms with Crippen LogP contribution in [0.25, 0.3) is 21.6 Å². The average Bonchev–Trinajstić information content (AvgIpc) is 3.58. The van der Waals surface area contributed by atoms with Gasteiger partial charge < -0.3 is 24.8 Å². The van der Waals surface area contributed by atoms with Crippen molar-refractivity contribution in [2.24, 2.45) is 11.3 Å². The van der Waals surface area contributed by atoms with Gasteiger partial charge in [0.05, 0.1) is 33.9 Å². The number of alkyl carbamates (subject to hydrolysis) is 1. The molecule has 2 aromatic heterocycles. The molecule has 2 amide bonds. The number of ketones is 1. The third-order valence-corrected chi connectivity index (χ3v) is 11.6. The topological polar surface area (TPSA) is 148 Å². The number of carboxylic acid groups (broad SMARTS) is 1. The Hall–Kier alpha value is -4.03. The molecule has 1 unspecified atom stereocenters. The lowest BCUT2D eigenvalue weighted by molar-refractivity contribution is -0.147. The normalized spacial score (nSPS) is 28.3. The highest BCUT2D eigenvalue weighted by molar-refractivity contribution is 7.13. The summed E-state index contributed by atoms with van der Waals surface area (Å²) in [6.07, 6.45) is 9.91. The van der Waals surface area contributed by atoms with Crippen LogP contribution >= 0.6 is 22.9 Å². The third-order valence-electron chi connectivity index (χ3n) is 10.5. The van der Waals surface area contributed by atoms with Crippen LogP contribution in [0.2, 0.25) is 5.02 Å². The van der Waals surface area contributed by atoms with E-state index >= 15 is 0 Å². The number of hydrogen-bond donors (Lipinski definition) is 2. The number of amides is 2. The minimum Gasteiger partial charge on any atom is -0.481 e. The molecule has 7 rings (SSSR count). The number of allylic oxidation sites excluding steroid dienone is 2. The summed E-state index contributed by atoms with van der Waals surface area (Å²) >= 11 is 7.76. The first kappa shape index (κ1) is 34.4. The maximum absolute atomic E-state index is 14.4. The molecule has 3 aromatic rings. The predicted molar refractivity (Wildman–Crippen MR) is 188 cm³/mol. The van der Waals surface area contributed by atoms with Gasteiger partial charge in [0.1, 0.15) is 23.9 Å². The van der Waals surface area contributed by atoms with Crippen LogP contribution in [0.4, 0.5) is 4.79 Å². The first-order valence-corrected chi connectivity index (χ1v) is 18.8. The van der Waals surface area contributed by atoms with Crippen LogP contribution in [0.5, 0.6) is 5.88 Å². The highest BCUT2D eigenvalue weighted by Gasteiger charge is 2.61. The Labute approximate surface area is 299 Å². The van der Waals surface area contributed by atoms with E-state index in [1.54, 1.807) is 18.2 Å². The molecule has 1 saturated heterocycles. The Morgan fingerprint density at radius 2 is 1.84 bits per heavy atom. The molecule has 2 aliphatic heterocycles. The van der Waals surface area contributed by atoms with Gasteiger partial charge in [-0.25, -0.2) is 14.8 Å². The van der Waals surface area contributed by atoms with Crippen LogP contribution in [-0.2, 0) is 19.1 Å². The predicted octanol–water partition coefficient (Wildman–Crippen LogP) is 6.97. The summed E-state index contributed by atoms with van der Waals surface area (Å²) in [5.41, 5.74) is 0.511. The Bertz CT molecular complexity index is 1800. The van der Waals surface area contributed by atoms with Crippen LogP contribution in [-0.4, -0.2) is 74.6 Å². The summed E-state index contributed by atoms with van der Waals surface area (Å²) in [6.45, 7) is 0.0492. The standard InChI is InChI=1S/C37H41ClN4O7S/c38-23-14-15-26-28(17-23)40-33(32(39-26)31-13-8-16-50-31)48-25-18-29-30(43)20-37(35(45)46)19-22(37)9-4-2-1-3-5-12-27(34(44)42(29)21-25)41-36(47)49-24-10-6-7-11-24/h4,8-9,13-17,22,24-25,27,29H,1-3,5-7,10-12,18-21H2,(H,41,47)(H,45,46)/b9-4-/t22-,25?,27+,29+,37-/m1/s1. The molecule has 4 heterocycles. The molecule has 2 saturated carbocycles. The van der Waals surface area contributed by atoms with Gasteiger partial charge in [0, 0.05) is 17.9 Å². The van der Waals surface area contributed by atoms with Gasteiger partial charge >= 0.3 is 12.1 Å². The van der Waals surface area contributed by atoms with Crippen molar-refractivity contribution in [3.8, 4) is 16.5 Å². The van der Waals surface area contributed by atoms with Crippen molar-refractivity contribution in [1.29, 1.82) is 0 Å². The monoisotopic (exact) mass is 720 g/mol. The van der Waals surface area contributed by atoms with Crippen LogP contribution in [0.1, 0.15) is 77.0 Å². The smallest absolute Gasteiger partial charge is 0.408 e. The Balaban J connectivity index is 1.19. The number of Topliss-reactive ketones (excluding diaryl/α,β-unsaturated/α-hetero) is 1. The van der Waals surface area contributed by atoms with Crippen molar-refractivity contribution in [2.45, 2.75) is 101 Å². The summed E-state index contributed by atoms with van der Waals surface area (Å²) in [5, 5.41) is 15.5. The fourth-order valence-corrected chi connectivity index (χ4v) is 8.51. The lowest BCUT2D eigenvalue weighted by Crippen LogP contribution is -2.52. The fourth-order valence-electron chi connectivity index (χ4n) is 7.64. The van der Waals surface area contributed by atoms with E-state index in [4.69, 9.17) is 31.0 Å². The third kappa shape index (κ3) is 7.37. The largest absolute Gasteiger partial charge is 0.481 e. The zero-order valence-corrected chi connectivity index (χ0v) is 29.3. The SMILES string of the molecule is O=C(N[C@H]1CCCCC/C=C\[C@@H]2C[C@@]2(C(=O)O)CC(=O)[C@@H]2CC(Oc3nc4cc(Cl)ccc4nc3-c3cccs3)CN2C1=O)OC1CCCC1. The number of nitrogens with one attached hydrogen (secondary N) is 1. The van der Waals surface area contributed by atoms with Gasteiger partial charge in [-0.1, -0.05) is 42.7 Å². The van der Waals surface area contributed by atoms with Crippen molar-refractivity contribution in [1.82, 2.24) is 20.2 Å². The fraction of sp³-hybridized carbons (Fsp3) is 0.514. The number of nitrogens with zero attached hydrogens (tertiary/aromatic N) is 3. The van der Waals surface area contributed by atoms with Gasteiger partial charge in [0.15, 0.2) is 5.78 Å². The van der Waals surface area contributed by atoms with Crippen molar-refractivity contribution >= 4 is 57.7 Å². The maximum Gasteiger partial charge on any atom is 0.408 e. The van der Waals surface area contributed by atoms with Gasteiger partial charge in [-0.3, -0.25) is 14.4 Å². The summed E-state index contributed by atoms with van der Waals surface area (Å²) in [4.78, 5) is 66.1. The number of halogens is 1. The van der Waals surface area contributed by atoms with Gasteiger partial charge in [-0.2, -0.15) is 0 Å². The van der Waals surface area contributed by atoms with Crippen molar-refractivity contribution in [2.75, 3.05) is 6.54 Å². The van der Waals surface area contributed by atoms with Crippen LogP contribution in [0, 0.1) is 11.3 Å². The number of carboxylic acids is 1. The van der Waals surface area contributed by atoms with E-state index in [0.717, 1.165) is 49.8 Å². The Morgan fingerprint density at radius 1 is 1.02 bits per heavy atom. The Kier molecular flexibility index (Phi) is 10.1. The second-order valence-corrected chi connectivity index (χ2v) is 15.3. The lowest BCUT2D eigenvalue weighted by atomic mass is 9.92. The number of rotatable bonds is 6. The van der Waals surface area contributed by atoms with Crippen molar-refractivity contribution in [3.63, 3.8) is 0 Å². The van der Waals surface area contributed by atoms with Crippen molar-refractivity contribution in [3.05, 3.63) is 52.9 Å². The lowest BCUT2D eigenvalue weighted by Gasteiger charge is -2.29. The zero-order chi connectivity index (χ0) is 34.8. The summed E-state index contributed by atoms with van der Waals surface area (Å²) in [6, 6.07) is 7.21.